The van der Waals surface area contributed by atoms with Gasteiger partial charge in [0.25, 0.3) is 0 Å². The van der Waals surface area contributed by atoms with Gasteiger partial charge in [-0.2, -0.15) is 0 Å². The first-order valence-corrected chi connectivity index (χ1v) is 7.13. The van der Waals surface area contributed by atoms with E-state index in [1.54, 1.807) is 13.0 Å². The monoisotopic (exact) mass is 280 g/mol. The Kier molecular flexibility index (Phi) is 4.94. The van der Waals surface area contributed by atoms with Crippen molar-refractivity contribution in [3.63, 3.8) is 0 Å². The van der Waals surface area contributed by atoms with Crippen LogP contribution in [0.15, 0.2) is 48.5 Å². The van der Waals surface area contributed by atoms with Crippen molar-refractivity contribution in [2.24, 2.45) is 0 Å². The lowest BCUT2D eigenvalue weighted by Gasteiger charge is -2.09. The highest BCUT2D eigenvalue weighted by atomic mass is 16.5. The summed E-state index contributed by atoms with van der Waals surface area (Å²) in [6.45, 7) is 6.44. The Balaban J connectivity index is 2.30. The Bertz CT molecular complexity index is 669. The fourth-order valence-electron chi connectivity index (χ4n) is 2.23. The Morgan fingerprint density at radius 2 is 1.90 bits per heavy atom. The van der Waals surface area contributed by atoms with Gasteiger partial charge in [0.05, 0.1) is 6.61 Å². The summed E-state index contributed by atoms with van der Waals surface area (Å²) < 4.78 is 4.89. The SMILES string of the molecule is CCOC(=O)C=Cc1cccc(-c2cccc(C)c2C)c1. The van der Waals surface area contributed by atoms with Gasteiger partial charge in [0.2, 0.25) is 0 Å². The highest BCUT2D eigenvalue weighted by molar-refractivity contribution is 5.87. The number of carbonyl (C=O) groups excluding carboxylic acids is 1. The summed E-state index contributed by atoms with van der Waals surface area (Å²) in [5.74, 6) is -0.311. The molecule has 0 spiro atoms. The van der Waals surface area contributed by atoms with Crippen LogP contribution in [-0.4, -0.2) is 12.6 Å². The van der Waals surface area contributed by atoms with Crippen LogP contribution < -0.4 is 0 Å². The average Bonchev–Trinajstić information content (AvgIpc) is 2.49. The first-order chi connectivity index (χ1) is 10.1. The molecule has 2 nitrogen and oxygen atoms in total. The minimum absolute atomic E-state index is 0.311. The largest absolute Gasteiger partial charge is 0.463 e. The van der Waals surface area contributed by atoms with Crippen LogP contribution in [-0.2, 0) is 9.53 Å². The first kappa shape index (κ1) is 15.0. The predicted octanol–water partition coefficient (Wildman–Crippen LogP) is 4.55. The molecule has 0 saturated heterocycles. The molecule has 0 aliphatic rings. The van der Waals surface area contributed by atoms with Crippen LogP contribution in [0.3, 0.4) is 0 Å². The highest BCUT2D eigenvalue weighted by Gasteiger charge is 2.04. The molecule has 0 aliphatic carbocycles. The second kappa shape index (κ2) is 6.89. The van der Waals surface area contributed by atoms with Gasteiger partial charge in [-0.1, -0.05) is 36.4 Å². The first-order valence-electron chi connectivity index (χ1n) is 7.13. The molecule has 108 valence electrons. The zero-order valence-electron chi connectivity index (χ0n) is 12.7. The second-order valence-electron chi connectivity index (χ2n) is 4.96. The third kappa shape index (κ3) is 3.82. The molecule has 0 amide bonds. The molecule has 0 atom stereocenters. The number of hydrogen-bond acceptors (Lipinski definition) is 2. The number of rotatable bonds is 4. The summed E-state index contributed by atoms with van der Waals surface area (Å²) in [7, 11) is 0. The third-order valence-electron chi connectivity index (χ3n) is 3.50. The van der Waals surface area contributed by atoms with Crippen LogP contribution in [0.1, 0.15) is 23.6 Å². The molecular weight excluding hydrogens is 260 g/mol. The van der Waals surface area contributed by atoms with Crippen molar-refractivity contribution in [3.8, 4) is 11.1 Å². The fraction of sp³-hybridized carbons (Fsp3) is 0.211. The maximum Gasteiger partial charge on any atom is 0.330 e. The summed E-state index contributed by atoms with van der Waals surface area (Å²) in [6.07, 6.45) is 3.25. The lowest BCUT2D eigenvalue weighted by molar-refractivity contribution is -0.137. The van der Waals surface area contributed by atoms with Crippen LogP contribution in [0.25, 0.3) is 17.2 Å². The topological polar surface area (TPSA) is 26.3 Å². The molecule has 0 radical (unpaired) electrons. The molecule has 0 aromatic heterocycles. The van der Waals surface area contributed by atoms with E-state index in [-0.39, 0.29) is 5.97 Å². The van der Waals surface area contributed by atoms with Crippen molar-refractivity contribution in [1.29, 1.82) is 0 Å². The van der Waals surface area contributed by atoms with E-state index in [0.29, 0.717) is 6.61 Å². The number of hydrogen-bond donors (Lipinski definition) is 0. The molecule has 2 rings (SSSR count). The van der Waals surface area contributed by atoms with Gasteiger partial charge in [-0.05, 0) is 60.7 Å². The minimum atomic E-state index is -0.311. The normalized spacial score (nSPS) is 10.8. The molecule has 0 bridgehead atoms. The zero-order chi connectivity index (χ0) is 15.2. The standard InChI is InChI=1S/C19H20O2/c1-4-21-19(20)12-11-16-8-6-9-17(13-16)18-10-5-7-14(2)15(18)3/h5-13H,4H2,1-3H3. The van der Waals surface area contributed by atoms with E-state index < -0.39 is 0 Å². The molecule has 0 saturated carbocycles. The number of esters is 1. The van der Waals surface area contributed by atoms with E-state index >= 15 is 0 Å². The lowest BCUT2D eigenvalue weighted by Crippen LogP contribution is -1.98. The number of ether oxygens (including phenoxy) is 1. The zero-order valence-corrected chi connectivity index (χ0v) is 12.7. The van der Waals surface area contributed by atoms with Gasteiger partial charge in [0.15, 0.2) is 0 Å². The molecule has 0 fully saturated rings. The molecule has 0 heterocycles. The Morgan fingerprint density at radius 3 is 2.67 bits per heavy atom. The van der Waals surface area contributed by atoms with Crippen LogP contribution in [0.5, 0.6) is 0 Å². The van der Waals surface area contributed by atoms with Crippen LogP contribution in [0.4, 0.5) is 0 Å². The van der Waals surface area contributed by atoms with E-state index in [4.69, 9.17) is 4.74 Å². The van der Waals surface area contributed by atoms with Gasteiger partial charge in [0, 0.05) is 6.08 Å². The second-order valence-corrected chi connectivity index (χ2v) is 4.96. The van der Waals surface area contributed by atoms with Gasteiger partial charge >= 0.3 is 5.97 Å². The fourth-order valence-corrected chi connectivity index (χ4v) is 2.23. The average molecular weight is 280 g/mol. The Labute approximate surface area is 126 Å². The van der Waals surface area contributed by atoms with Crippen molar-refractivity contribution >= 4 is 12.0 Å². The van der Waals surface area contributed by atoms with E-state index in [9.17, 15) is 4.79 Å². The molecular formula is C19H20O2. The summed E-state index contributed by atoms with van der Waals surface area (Å²) in [6, 6.07) is 14.5. The molecule has 2 aromatic rings. The Morgan fingerprint density at radius 1 is 1.14 bits per heavy atom. The van der Waals surface area contributed by atoms with Crippen molar-refractivity contribution in [2.75, 3.05) is 6.61 Å². The van der Waals surface area contributed by atoms with E-state index in [1.807, 2.05) is 12.1 Å². The van der Waals surface area contributed by atoms with Gasteiger partial charge in [0.1, 0.15) is 0 Å². The molecule has 2 aromatic carbocycles. The van der Waals surface area contributed by atoms with E-state index in [2.05, 4.69) is 44.2 Å². The van der Waals surface area contributed by atoms with Crippen LogP contribution >= 0.6 is 0 Å². The quantitative estimate of drug-likeness (QED) is 0.607. The molecule has 0 unspecified atom stereocenters. The molecule has 0 N–H and O–H groups in total. The maximum absolute atomic E-state index is 11.4. The van der Waals surface area contributed by atoms with Gasteiger partial charge in [-0.3, -0.25) is 0 Å². The number of aryl methyl sites for hydroxylation is 1. The minimum Gasteiger partial charge on any atom is -0.463 e. The summed E-state index contributed by atoms with van der Waals surface area (Å²) in [5, 5.41) is 0. The van der Waals surface area contributed by atoms with Crippen molar-refractivity contribution in [2.45, 2.75) is 20.8 Å². The number of carbonyl (C=O) groups is 1. The lowest BCUT2D eigenvalue weighted by atomic mass is 9.96. The van der Waals surface area contributed by atoms with E-state index in [1.165, 1.54) is 22.8 Å². The summed E-state index contributed by atoms with van der Waals surface area (Å²) in [5.41, 5.74) is 5.93. The predicted molar refractivity (Wildman–Crippen MR) is 87.0 cm³/mol. The smallest absolute Gasteiger partial charge is 0.330 e. The Hall–Kier alpha value is -2.35. The molecule has 2 heteroatoms. The van der Waals surface area contributed by atoms with Crippen LogP contribution in [0, 0.1) is 13.8 Å². The third-order valence-corrected chi connectivity index (χ3v) is 3.50. The summed E-state index contributed by atoms with van der Waals surface area (Å²) >= 11 is 0. The van der Waals surface area contributed by atoms with Crippen molar-refractivity contribution < 1.29 is 9.53 Å². The van der Waals surface area contributed by atoms with Gasteiger partial charge in [-0.15, -0.1) is 0 Å². The maximum atomic E-state index is 11.4. The molecule has 0 aliphatic heterocycles. The molecule has 21 heavy (non-hydrogen) atoms. The van der Waals surface area contributed by atoms with Crippen molar-refractivity contribution in [3.05, 3.63) is 65.2 Å². The number of benzene rings is 2. The van der Waals surface area contributed by atoms with Gasteiger partial charge in [-0.25, -0.2) is 4.79 Å². The van der Waals surface area contributed by atoms with Crippen molar-refractivity contribution in [1.82, 2.24) is 0 Å². The van der Waals surface area contributed by atoms with Gasteiger partial charge < -0.3 is 4.74 Å². The van der Waals surface area contributed by atoms with E-state index in [0.717, 1.165) is 11.1 Å². The summed E-state index contributed by atoms with van der Waals surface area (Å²) in [4.78, 5) is 11.4. The highest BCUT2D eigenvalue weighted by Crippen LogP contribution is 2.26. The van der Waals surface area contributed by atoms with Crippen LogP contribution in [0.2, 0.25) is 0 Å².